The third kappa shape index (κ3) is 3.49. The SMILES string of the molecule is Cc1ccc([N+](=O)[O-])c(OCc2ccc(Br)cc2Cl)c1. The van der Waals surface area contributed by atoms with E-state index >= 15 is 0 Å². The number of nitro benzene ring substituents is 1. The van der Waals surface area contributed by atoms with Crippen LogP contribution in [0.3, 0.4) is 0 Å². The van der Waals surface area contributed by atoms with Crippen molar-refractivity contribution in [3.05, 3.63) is 67.1 Å². The zero-order valence-corrected chi connectivity index (χ0v) is 12.9. The van der Waals surface area contributed by atoms with Crippen LogP contribution in [0.15, 0.2) is 40.9 Å². The molecule has 0 fully saturated rings. The van der Waals surface area contributed by atoms with Crippen LogP contribution in [0, 0.1) is 17.0 Å². The van der Waals surface area contributed by atoms with Crippen LogP contribution in [0.5, 0.6) is 5.75 Å². The molecule has 0 bridgehead atoms. The van der Waals surface area contributed by atoms with Crippen molar-refractivity contribution >= 4 is 33.2 Å². The second kappa shape index (κ2) is 6.24. The number of nitrogens with zero attached hydrogens (tertiary/aromatic N) is 1. The second-order valence-corrected chi connectivity index (χ2v) is 5.58. The Morgan fingerprint density at radius 1 is 1.30 bits per heavy atom. The van der Waals surface area contributed by atoms with Crippen LogP contribution in [0.4, 0.5) is 5.69 Å². The number of rotatable bonds is 4. The predicted molar refractivity (Wildman–Crippen MR) is 81.3 cm³/mol. The van der Waals surface area contributed by atoms with Crippen LogP contribution in [-0.4, -0.2) is 4.92 Å². The maximum Gasteiger partial charge on any atom is 0.310 e. The lowest BCUT2D eigenvalue weighted by molar-refractivity contribution is -0.386. The molecule has 2 aromatic rings. The Kier molecular flexibility index (Phi) is 4.62. The van der Waals surface area contributed by atoms with Gasteiger partial charge in [-0.25, -0.2) is 0 Å². The first-order valence-electron chi connectivity index (χ1n) is 5.79. The van der Waals surface area contributed by atoms with Gasteiger partial charge >= 0.3 is 5.69 Å². The summed E-state index contributed by atoms with van der Waals surface area (Å²) in [6, 6.07) is 10.2. The fourth-order valence-corrected chi connectivity index (χ4v) is 2.41. The van der Waals surface area contributed by atoms with Crippen molar-refractivity contribution in [3.8, 4) is 5.75 Å². The number of halogens is 2. The average Bonchev–Trinajstić information content (AvgIpc) is 2.37. The van der Waals surface area contributed by atoms with Gasteiger partial charge in [-0.3, -0.25) is 10.1 Å². The lowest BCUT2D eigenvalue weighted by Crippen LogP contribution is -2.00. The number of hydrogen-bond acceptors (Lipinski definition) is 3. The van der Waals surface area contributed by atoms with Gasteiger partial charge in [-0.15, -0.1) is 0 Å². The Balaban J connectivity index is 2.22. The molecule has 0 saturated carbocycles. The minimum Gasteiger partial charge on any atom is -0.482 e. The van der Waals surface area contributed by atoms with Crippen molar-refractivity contribution in [1.82, 2.24) is 0 Å². The van der Waals surface area contributed by atoms with Crippen LogP contribution in [0.25, 0.3) is 0 Å². The minimum absolute atomic E-state index is 0.0520. The van der Waals surface area contributed by atoms with E-state index in [1.807, 2.05) is 19.1 Å². The molecule has 0 saturated heterocycles. The van der Waals surface area contributed by atoms with E-state index in [1.54, 1.807) is 18.2 Å². The van der Waals surface area contributed by atoms with Crippen molar-refractivity contribution in [1.29, 1.82) is 0 Å². The number of hydrogen-bond donors (Lipinski definition) is 0. The van der Waals surface area contributed by atoms with Gasteiger partial charge in [-0.05, 0) is 30.7 Å². The molecular weight excluding hydrogens is 346 g/mol. The molecule has 0 spiro atoms. The third-order valence-corrected chi connectivity index (χ3v) is 3.56. The van der Waals surface area contributed by atoms with Crippen LogP contribution in [-0.2, 0) is 6.61 Å². The zero-order valence-electron chi connectivity index (χ0n) is 10.6. The number of aryl methyl sites for hydroxylation is 1. The van der Waals surface area contributed by atoms with Gasteiger partial charge in [0.15, 0.2) is 5.75 Å². The molecule has 6 heteroatoms. The number of nitro groups is 1. The summed E-state index contributed by atoms with van der Waals surface area (Å²) < 4.78 is 6.41. The standard InChI is InChI=1S/C14H11BrClNO3/c1-9-2-5-13(17(18)19)14(6-9)20-8-10-3-4-11(15)7-12(10)16/h2-7H,8H2,1H3. The summed E-state index contributed by atoms with van der Waals surface area (Å²) in [5, 5.41) is 11.5. The van der Waals surface area contributed by atoms with Crippen molar-refractivity contribution in [2.45, 2.75) is 13.5 Å². The Hall–Kier alpha value is -1.59. The van der Waals surface area contributed by atoms with Crippen molar-refractivity contribution in [2.24, 2.45) is 0 Å². The maximum atomic E-state index is 10.9. The first-order valence-corrected chi connectivity index (χ1v) is 6.96. The van der Waals surface area contributed by atoms with Gasteiger partial charge < -0.3 is 4.74 Å². The molecule has 20 heavy (non-hydrogen) atoms. The van der Waals surface area contributed by atoms with E-state index < -0.39 is 4.92 Å². The molecule has 0 N–H and O–H groups in total. The highest BCUT2D eigenvalue weighted by Crippen LogP contribution is 2.29. The molecule has 0 radical (unpaired) electrons. The molecule has 0 aliphatic heterocycles. The molecule has 2 rings (SSSR count). The second-order valence-electron chi connectivity index (χ2n) is 4.25. The van der Waals surface area contributed by atoms with E-state index in [1.165, 1.54) is 6.07 Å². The first kappa shape index (κ1) is 14.8. The van der Waals surface area contributed by atoms with E-state index in [0.717, 1.165) is 15.6 Å². The Labute approximate surface area is 129 Å². The third-order valence-electron chi connectivity index (χ3n) is 2.71. The number of benzene rings is 2. The summed E-state index contributed by atoms with van der Waals surface area (Å²) in [5.41, 5.74) is 1.61. The van der Waals surface area contributed by atoms with E-state index in [-0.39, 0.29) is 18.0 Å². The van der Waals surface area contributed by atoms with Gasteiger partial charge in [-0.2, -0.15) is 0 Å². The predicted octanol–water partition coefficient (Wildman–Crippen LogP) is 4.90. The van der Waals surface area contributed by atoms with Crippen LogP contribution in [0.2, 0.25) is 5.02 Å². The lowest BCUT2D eigenvalue weighted by Gasteiger charge is -2.09. The zero-order chi connectivity index (χ0) is 14.7. The molecule has 4 nitrogen and oxygen atoms in total. The van der Waals surface area contributed by atoms with Crippen LogP contribution in [0.1, 0.15) is 11.1 Å². The van der Waals surface area contributed by atoms with E-state index in [4.69, 9.17) is 16.3 Å². The van der Waals surface area contributed by atoms with Crippen molar-refractivity contribution < 1.29 is 9.66 Å². The summed E-state index contributed by atoms with van der Waals surface area (Å²) in [4.78, 5) is 10.5. The van der Waals surface area contributed by atoms with Crippen LogP contribution >= 0.6 is 27.5 Å². The molecule has 0 unspecified atom stereocenters. The van der Waals surface area contributed by atoms with Gasteiger partial charge in [-0.1, -0.05) is 39.7 Å². The highest BCUT2D eigenvalue weighted by atomic mass is 79.9. The Bertz CT molecular complexity index is 661. The molecule has 0 atom stereocenters. The largest absolute Gasteiger partial charge is 0.482 e. The van der Waals surface area contributed by atoms with E-state index in [0.29, 0.717) is 5.02 Å². The first-order chi connectivity index (χ1) is 9.47. The van der Waals surface area contributed by atoms with Crippen LogP contribution < -0.4 is 4.74 Å². The highest BCUT2D eigenvalue weighted by Gasteiger charge is 2.15. The van der Waals surface area contributed by atoms with Gasteiger partial charge in [0, 0.05) is 21.1 Å². The Morgan fingerprint density at radius 2 is 2.05 bits per heavy atom. The van der Waals surface area contributed by atoms with E-state index in [9.17, 15) is 10.1 Å². The maximum absolute atomic E-state index is 10.9. The van der Waals surface area contributed by atoms with Gasteiger partial charge in [0.25, 0.3) is 0 Å². The Morgan fingerprint density at radius 3 is 2.70 bits per heavy atom. The van der Waals surface area contributed by atoms with Crippen molar-refractivity contribution in [3.63, 3.8) is 0 Å². The molecule has 0 aliphatic carbocycles. The summed E-state index contributed by atoms with van der Waals surface area (Å²) in [6.07, 6.45) is 0. The topological polar surface area (TPSA) is 52.4 Å². The summed E-state index contributed by atoms with van der Waals surface area (Å²) >= 11 is 9.40. The van der Waals surface area contributed by atoms with Gasteiger partial charge in [0.1, 0.15) is 6.61 Å². The molecule has 0 aliphatic rings. The monoisotopic (exact) mass is 355 g/mol. The van der Waals surface area contributed by atoms with Gasteiger partial charge in [0.05, 0.1) is 4.92 Å². The molecule has 2 aromatic carbocycles. The molecule has 104 valence electrons. The fourth-order valence-electron chi connectivity index (χ4n) is 1.68. The lowest BCUT2D eigenvalue weighted by atomic mass is 10.2. The quantitative estimate of drug-likeness (QED) is 0.578. The molecule has 0 amide bonds. The summed E-state index contributed by atoms with van der Waals surface area (Å²) in [7, 11) is 0. The summed E-state index contributed by atoms with van der Waals surface area (Å²) in [6.45, 7) is 2.03. The summed E-state index contributed by atoms with van der Waals surface area (Å²) in [5.74, 6) is 0.244. The smallest absolute Gasteiger partial charge is 0.310 e. The normalized spacial score (nSPS) is 10.3. The molecule has 0 heterocycles. The molecular formula is C14H11BrClNO3. The van der Waals surface area contributed by atoms with Gasteiger partial charge in [0.2, 0.25) is 0 Å². The molecule has 0 aromatic heterocycles. The fraction of sp³-hybridized carbons (Fsp3) is 0.143. The highest BCUT2D eigenvalue weighted by molar-refractivity contribution is 9.10. The average molecular weight is 357 g/mol. The van der Waals surface area contributed by atoms with Crippen molar-refractivity contribution in [2.75, 3.05) is 0 Å². The number of ether oxygens (including phenoxy) is 1. The minimum atomic E-state index is -0.460. The van der Waals surface area contributed by atoms with E-state index in [2.05, 4.69) is 15.9 Å².